The van der Waals surface area contributed by atoms with Gasteiger partial charge in [-0.15, -0.1) is 0 Å². The van der Waals surface area contributed by atoms with Crippen molar-refractivity contribution < 1.29 is 14.2 Å². The number of benzene rings is 2. The number of likely N-dealkylation sites (N-methyl/N-ethyl adjacent to an activating group) is 1. The second kappa shape index (κ2) is 12.7. The molecule has 5 heteroatoms. The number of hydrogen-bond acceptors (Lipinski definition) is 5. The van der Waals surface area contributed by atoms with E-state index in [1.807, 2.05) is 44.2 Å². The molecule has 1 N–H and O–H groups in total. The number of pyridine rings is 1. The van der Waals surface area contributed by atoms with Crippen molar-refractivity contribution in [3.05, 3.63) is 59.7 Å². The van der Waals surface area contributed by atoms with Gasteiger partial charge in [0.2, 0.25) is 5.88 Å². The van der Waals surface area contributed by atoms with Gasteiger partial charge >= 0.3 is 0 Å². The summed E-state index contributed by atoms with van der Waals surface area (Å²) in [5, 5.41) is 4.49. The fraction of sp³-hybridized carbons (Fsp3) is 0.400. The van der Waals surface area contributed by atoms with Crippen molar-refractivity contribution in [2.75, 3.05) is 33.4 Å². The van der Waals surface area contributed by atoms with Gasteiger partial charge in [-0.2, -0.15) is 0 Å². The molecule has 4 rings (SSSR count). The molecule has 30 heavy (non-hydrogen) atoms. The summed E-state index contributed by atoms with van der Waals surface area (Å²) >= 11 is 0. The molecule has 0 spiro atoms. The van der Waals surface area contributed by atoms with Crippen LogP contribution in [0.15, 0.2) is 48.5 Å². The van der Waals surface area contributed by atoms with Gasteiger partial charge in [0.05, 0.1) is 12.6 Å². The van der Waals surface area contributed by atoms with E-state index in [0.29, 0.717) is 19.1 Å². The van der Waals surface area contributed by atoms with Crippen LogP contribution < -0.4 is 19.5 Å². The Morgan fingerprint density at radius 2 is 1.77 bits per heavy atom. The highest BCUT2D eigenvalue weighted by atomic mass is 16.6. The third-order valence-corrected chi connectivity index (χ3v) is 4.58. The maximum atomic E-state index is 5.52. The lowest BCUT2D eigenvalue weighted by molar-refractivity contribution is 0.171. The third kappa shape index (κ3) is 6.63. The summed E-state index contributed by atoms with van der Waals surface area (Å²) in [5.41, 5.74) is 3.52. The van der Waals surface area contributed by atoms with Crippen LogP contribution >= 0.6 is 0 Å². The Morgan fingerprint density at radius 3 is 2.50 bits per heavy atom. The van der Waals surface area contributed by atoms with Crippen molar-refractivity contribution >= 4 is 10.9 Å². The van der Waals surface area contributed by atoms with Gasteiger partial charge < -0.3 is 19.5 Å². The number of ether oxygens (including phenoxy) is 3. The highest BCUT2D eigenvalue weighted by molar-refractivity contribution is 5.82. The Hall–Kier alpha value is -2.79. The van der Waals surface area contributed by atoms with Crippen LogP contribution in [0, 0.1) is 6.92 Å². The van der Waals surface area contributed by atoms with Gasteiger partial charge in [-0.1, -0.05) is 39.0 Å². The Balaban J connectivity index is 0.000000199. The second-order valence-electron chi connectivity index (χ2n) is 6.58. The topological polar surface area (TPSA) is 52.6 Å². The smallest absolute Gasteiger partial charge is 0.213 e. The molecule has 0 fully saturated rings. The van der Waals surface area contributed by atoms with Gasteiger partial charge in [-0.25, -0.2) is 4.98 Å². The van der Waals surface area contributed by atoms with E-state index in [0.717, 1.165) is 36.5 Å². The third-order valence-electron chi connectivity index (χ3n) is 4.58. The first-order valence-electron chi connectivity index (χ1n) is 10.7. The summed E-state index contributed by atoms with van der Waals surface area (Å²) in [4.78, 5) is 4.33. The summed E-state index contributed by atoms with van der Waals surface area (Å²) < 4.78 is 16.0. The van der Waals surface area contributed by atoms with Crippen molar-refractivity contribution in [2.45, 2.75) is 34.1 Å². The van der Waals surface area contributed by atoms with Crippen LogP contribution in [0.25, 0.3) is 10.9 Å². The van der Waals surface area contributed by atoms with E-state index in [1.54, 1.807) is 7.11 Å². The van der Waals surface area contributed by atoms with Gasteiger partial charge in [0.1, 0.15) is 13.2 Å². The zero-order chi connectivity index (χ0) is 21.8. The van der Waals surface area contributed by atoms with Gasteiger partial charge in [0.25, 0.3) is 0 Å². The van der Waals surface area contributed by atoms with E-state index in [-0.39, 0.29) is 0 Å². The maximum absolute atomic E-state index is 5.52. The zero-order valence-electron chi connectivity index (χ0n) is 18.8. The molecule has 1 aromatic heterocycles. The SMILES string of the molecule is CC.CCNCCc1ccc2c(c1)OCCO2.COc1ccc2c(C)cccc2n1. The first kappa shape index (κ1) is 23.5. The van der Waals surface area contributed by atoms with Crippen LogP contribution in [0.1, 0.15) is 31.9 Å². The molecule has 1 aliphatic rings. The van der Waals surface area contributed by atoms with Crippen LogP contribution in [0.3, 0.4) is 0 Å². The fourth-order valence-electron chi connectivity index (χ4n) is 3.06. The zero-order valence-corrected chi connectivity index (χ0v) is 18.8. The molecule has 0 radical (unpaired) electrons. The predicted molar refractivity (Wildman–Crippen MR) is 124 cm³/mol. The predicted octanol–water partition coefficient (Wildman–Crippen LogP) is 5.19. The van der Waals surface area contributed by atoms with E-state index in [1.165, 1.54) is 16.5 Å². The summed E-state index contributed by atoms with van der Waals surface area (Å²) in [5.74, 6) is 2.42. The molecular weight excluding hydrogens is 376 g/mol. The number of methoxy groups -OCH3 is 1. The number of aromatic nitrogens is 1. The average Bonchev–Trinajstić information content (AvgIpc) is 2.81. The van der Waals surface area contributed by atoms with Crippen molar-refractivity contribution in [1.82, 2.24) is 10.3 Å². The lowest BCUT2D eigenvalue weighted by atomic mass is 10.1. The first-order valence-corrected chi connectivity index (χ1v) is 10.7. The number of nitrogens with zero attached hydrogens (tertiary/aromatic N) is 1. The molecular formula is C25H34N2O3. The van der Waals surface area contributed by atoms with E-state index in [4.69, 9.17) is 14.2 Å². The van der Waals surface area contributed by atoms with Crippen molar-refractivity contribution in [3.8, 4) is 17.4 Å². The Morgan fingerprint density at radius 1 is 1.00 bits per heavy atom. The molecule has 0 unspecified atom stereocenters. The van der Waals surface area contributed by atoms with Crippen LogP contribution in [-0.4, -0.2) is 38.4 Å². The molecule has 5 nitrogen and oxygen atoms in total. The van der Waals surface area contributed by atoms with E-state index < -0.39 is 0 Å². The Labute approximate surface area is 180 Å². The Bertz CT molecular complexity index is 912. The molecule has 0 saturated heterocycles. The number of fused-ring (bicyclic) bond motifs is 2. The maximum Gasteiger partial charge on any atom is 0.213 e. The molecule has 0 aliphatic carbocycles. The van der Waals surface area contributed by atoms with E-state index in [9.17, 15) is 0 Å². The number of rotatable bonds is 5. The van der Waals surface area contributed by atoms with E-state index >= 15 is 0 Å². The minimum Gasteiger partial charge on any atom is -0.486 e. The normalized spacial score (nSPS) is 11.6. The van der Waals surface area contributed by atoms with Gasteiger partial charge in [-0.05, 0) is 61.8 Å². The van der Waals surface area contributed by atoms with Crippen LogP contribution in [0.5, 0.6) is 17.4 Å². The van der Waals surface area contributed by atoms with Crippen molar-refractivity contribution in [3.63, 3.8) is 0 Å². The highest BCUT2D eigenvalue weighted by Gasteiger charge is 2.11. The van der Waals surface area contributed by atoms with Gasteiger partial charge in [-0.3, -0.25) is 0 Å². The summed E-state index contributed by atoms with van der Waals surface area (Å²) in [6.45, 7) is 11.5. The summed E-state index contributed by atoms with van der Waals surface area (Å²) in [6.07, 6.45) is 1.03. The van der Waals surface area contributed by atoms with E-state index in [2.05, 4.69) is 42.3 Å². The fourth-order valence-corrected chi connectivity index (χ4v) is 3.06. The first-order chi connectivity index (χ1) is 14.7. The minimum absolute atomic E-state index is 0.656. The van der Waals surface area contributed by atoms with Crippen LogP contribution in [-0.2, 0) is 6.42 Å². The molecule has 0 bridgehead atoms. The molecule has 162 valence electrons. The molecule has 0 saturated carbocycles. The molecule has 1 aliphatic heterocycles. The minimum atomic E-state index is 0.656. The molecule has 2 heterocycles. The van der Waals surface area contributed by atoms with Gasteiger partial charge in [0.15, 0.2) is 11.5 Å². The Kier molecular flexibility index (Phi) is 9.95. The standard InChI is InChI=1S/C12H17NO2.C11H11NO.C2H6/c1-2-13-6-5-10-3-4-11-12(9-10)15-8-7-14-11;1-8-4-3-5-10-9(8)6-7-11(12-10)13-2;1-2/h3-4,9,13H,2,5-8H2,1H3;3-7H,1-2H3;1-2H3. The van der Waals surface area contributed by atoms with Crippen molar-refractivity contribution in [2.24, 2.45) is 0 Å². The average molecular weight is 411 g/mol. The quantitative estimate of drug-likeness (QED) is 0.587. The summed E-state index contributed by atoms with van der Waals surface area (Å²) in [7, 11) is 1.63. The van der Waals surface area contributed by atoms with Crippen molar-refractivity contribution in [1.29, 1.82) is 0 Å². The largest absolute Gasteiger partial charge is 0.486 e. The monoisotopic (exact) mass is 410 g/mol. The highest BCUT2D eigenvalue weighted by Crippen LogP contribution is 2.30. The molecule has 2 aromatic carbocycles. The van der Waals surface area contributed by atoms with Gasteiger partial charge in [0, 0.05) is 11.5 Å². The lowest BCUT2D eigenvalue weighted by Crippen LogP contribution is -2.17. The summed E-state index contributed by atoms with van der Waals surface area (Å²) in [6, 6.07) is 16.2. The second-order valence-corrected chi connectivity index (χ2v) is 6.58. The molecule has 3 aromatic rings. The number of nitrogens with one attached hydrogen (secondary N) is 1. The lowest BCUT2D eigenvalue weighted by Gasteiger charge is -2.18. The van der Waals surface area contributed by atoms with Crippen LogP contribution in [0.4, 0.5) is 0 Å². The number of hydrogen-bond donors (Lipinski definition) is 1. The molecule has 0 atom stereocenters. The number of aryl methyl sites for hydroxylation is 1. The van der Waals surface area contributed by atoms with Crippen LogP contribution in [0.2, 0.25) is 0 Å². The molecule has 0 amide bonds.